The van der Waals surface area contributed by atoms with E-state index in [2.05, 4.69) is 0 Å². The highest BCUT2D eigenvalue weighted by Gasteiger charge is 2.13. The van der Waals surface area contributed by atoms with Crippen LogP contribution >= 0.6 is 0 Å². The Balaban J connectivity index is 2.97. The minimum Gasteiger partial charge on any atom is -0.390 e. The molecule has 2 N–H and O–H groups in total. The van der Waals surface area contributed by atoms with Crippen molar-refractivity contribution in [1.29, 1.82) is 0 Å². The van der Waals surface area contributed by atoms with Gasteiger partial charge in [-0.3, -0.25) is 0 Å². The van der Waals surface area contributed by atoms with Crippen molar-refractivity contribution in [3.8, 4) is 0 Å². The maximum Gasteiger partial charge on any atom is 0.105 e. The van der Waals surface area contributed by atoms with Gasteiger partial charge in [0.25, 0.3) is 0 Å². The van der Waals surface area contributed by atoms with E-state index in [1.165, 1.54) is 5.56 Å². The van der Waals surface area contributed by atoms with Crippen LogP contribution in [0.2, 0.25) is 0 Å². The van der Waals surface area contributed by atoms with Crippen molar-refractivity contribution in [2.75, 3.05) is 0 Å². The standard InChI is InChI=1S/C11H16O2/c1-7-4-5-10(6-8(7)2)11(13)9(3)12/h4-6,9,11-13H,1-3H3. The molecule has 2 heteroatoms. The third-order valence-electron chi connectivity index (χ3n) is 2.33. The fourth-order valence-corrected chi connectivity index (χ4v) is 1.23. The summed E-state index contributed by atoms with van der Waals surface area (Å²) in [7, 11) is 0. The first-order chi connectivity index (χ1) is 6.02. The second kappa shape index (κ2) is 3.90. The zero-order valence-electron chi connectivity index (χ0n) is 8.28. The summed E-state index contributed by atoms with van der Waals surface area (Å²) in [5.74, 6) is 0. The van der Waals surface area contributed by atoms with Gasteiger partial charge in [-0.25, -0.2) is 0 Å². The Kier molecular flexibility index (Phi) is 3.07. The highest BCUT2D eigenvalue weighted by Crippen LogP contribution is 2.19. The lowest BCUT2D eigenvalue weighted by molar-refractivity contribution is 0.0305. The first-order valence-electron chi connectivity index (χ1n) is 4.45. The minimum absolute atomic E-state index is 0.720. The molecule has 72 valence electrons. The van der Waals surface area contributed by atoms with Crippen molar-refractivity contribution in [3.05, 3.63) is 34.9 Å². The molecule has 0 aliphatic carbocycles. The van der Waals surface area contributed by atoms with E-state index in [0.29, 0.717) is 0 Å². The van der Waals surface area contributed by atoms with E-state index in [9.17, 15) is 10.2 Å². The third kappa shape index (κ3) is 2.29. The van der Waals surface area contributed by atoms with Crippen molar-refractivity contribution < 1.29 is 10.2 Å². The van der Waals surface area contributed by atoms with Gasteiger partial charge < -0.3 is 10.2 Å². The lowest BCUT2D eigenvalue weighted by Crippen LogP contribution is -2.13. The molecule has 0 radical (unpaired) electrons. The van der Waals surface area contributed by atoms with Gasteiger partial charge in [-0.15, -0.1) is 0 Å². The Morgan fingerprint density at radius 3 is 2.15 bits per heavy atom. The van der Waals surface area contributed by atoms with Crippen LogP contribution in [0.15, 0.2) is 18.2 Å². The minimum atomic E-state index is -0.778. The van der Waals surface area contributed by atoms with E-state index in [-0.39, 0.29) is 0 Å². The summed E-state index contributed by atoms with van der Waals surface area (Å²) < 4.78 is 0. The van der Waals surface area contributed by atoms with E-state index < -0.39 is 12.2 Å². The Hall–Kier alpha value is -0.860. The molecule has 0 fully saturated rings. The van der Waals surface area contributed by atoms with Crippen LogP contribution in [-0.2, 0) is 0 Å². The van der Waals surface area contributed by atoms with Crippen LogP contribution < -0.4 is 0 Å². The molecule has 2 nitrogen and oxygen atoms in total. The van der Waals surface area contributed by atoms with Crippen LogP contribution in [0.25, 0.3) is 0 Å². The zero-order chi connectivity index (χ0) is 10.0. The molecular weight excluding hydrogens is 164 g/mol. The average Bonchev–Trinajstić information content (AvgIpc) is 2.08. The monoisotopic (exact) mass is 180 g/mol. The Labute approximate surface area is 78.8 Å². The van der Waals surface area contributed by atoms with E-state index in [4.69, 9.17) is 0 Å². The second-order valence-electron chi connectivity index (χ2n) is 3.53. The number of hydrogen-bond donors (Lipinski definition) is 2. The third-order valence-corrected chi connectivity index (χ3v) is 2.33. The Morgan fingerprint density at radius 2 is 1.69 bits per heavy atom. The van der Waals surface area contributed by atoms with Gasteiger partial charge in [-0.1, -0.05) is 18.2 Å². The topological polar surface area (TPSA) is 40.5 Å². The molecular formula is C11H16O2. The first-order valence-corrected chi connectivity index (χ1v) is 4.45. The predicted molar refractivity (Wildman–Crippen MR) is 52.6 cm³/mol. The van der Waals surface area contributed by atoms with Crippen molar-refractivity contribution in [2.45, 2.75) is 33.0 Å². The van der Waals surface area contributed by atoms with Crippen molar-refractivity contribution in [3.63, 3.8) is 0 Å². The van der Waals surface area contributed by atoms with E-state index in [1.807, 2.05) is 32.0 Å². The fraction of sp³-hybridized carbons (Fsp3) is 0.455. The molecule has 13 heavy (non-hydrogen) atoms. The van der Waals surface area contributed by atoms with Crippen LogP contribution in [0.4, 0.5) is 0 Å². The summed E-state index contributed by atoms with van der Waals surface area (Å²) >= 11 is 0. The fourth-order valence-electron chi connectivity index (χ4n) is 1.23. The van der Waals surface area contributed by atoms with Gasteiger partial charge in [0, 0.05) is 0 Å². The molecule has 1 rings (SSSR count). The van der Waals surface area contributed by atoms with E-state index >= 15 is 0 Å². The maximum atomic E-state index is 9.56. The summed E-state index contributed by atoms with van der Waals surface area (Å²) in [6.45, 7) is 5.60. The van der Waals surface area contributed by atoms with Crippen LogP contribution in [0.3, 0.4) is 0 Å². The summed E-state index contributed by atoms with van der Waals surface area (Å²) in [6, 6.07) is 5.71. The molecule has 0 saturated carbocycles. The molecule has 0 heterocycles. The van der Waals surface area contributed by atoms with E-state index in [0.717, 1.165) is 11.1 Å². The quantitative estimate of drug-likeness (QED) is 0.727. The van der Waals surface area contributed by atoms with Gasteiger partial charge in [0.1, 0.15) is 6.10 Å². The zero-order valence-corrected chi connectivity index (χ0v) is 8.28. The number of rotatable bonds is 2. The highest BCUT2D eigenvalue weighted by atomic mass is 16.3. The summed E-state index contributed by atoms with van der Waals surface area (Å²) in [6.07, 6.45) is -1.50. The summed E-state index contributed by atoms with van der Waals surface area (Å²) in [5.41, 5.74) is 3.11. The van der Waals surface area contributed by atoms with Gasteiger partial charge in [0.2, 0.25) is 0 Å². The molecule has 0 spiro atoms. The average molecular weight is 180 g/mol. The molecule has 0 aliphatic heterocycles. The first kappa shape index (κ1) is 10.2. The van der Waals surface area contributed by atoms with Gasteiger partial charge in [-0.05, 0) is 37.5 Å². The van der Waals surface area contributed by atoms with Crippen LogP contribution in [0.5, 0.6) is 0 Å². The number of benzene rings is 1. The molecule has 0 bridgehead atoms. The maximum absolute atomic E-state index is 9.56. The summed E-state index contributed by atoms with van der Waals surface area (Å²) in [4.78, 5) is 0. The van der Waals surface area contributed by atoms with Gasteiger partial charge in [0.05, 0.1) is 6.10 Å². The molecule has 0 aliphatic rings. The van der Waals surface area contributed by atoms with Crippen molar-refractivity contribution in [2.24, 2.45) is 0 Å². The largest absolute Gasteiger partial charge is 0.390 e. The number of aliphatic hydroxyl groups excluding tert-OH is 2. The molecule has 2 atom stereocenters. The van der Waals surface area contributed by atoms with Crippen molar-refractivity contribution in [1.82, 2.24) is 0 Å². The lowest BCUT2D eigenvalue weighted by Gasteiger charge is -2.14. The highest BCUT2D eigenvalue weighted by molar-refractivity contribution is 5.31. The SMILES string of the molecule is Cc1ccc(C(O)C(C)O)cc1C. The lowest BCUT2D eigenvalue weighted by atomic mass is 10.0. The van der Waals surface area contributed by atoms with Gasteiger partial charge in [0.15, 0.2) is 0 Å². The second-order valence-corrected chi connectivity index (χ2v) is 3.53. The van der Waals surface area contributed by atoms with Crippen LogP contribution in [0, 0.1) is 13.8 Å². The number of hydrogen-bond acceptors (Lipinski definition) is 2. The molecule has 0 saturated heterocycles. The molecule has 0 aromatic heterocycles. The van der Waals surface area contributed by atoms with Crippen LogP contribution in [-0.4, -0.2) is 16.3 Å². The van der Waals surface area contributed by atoms with Crippen LogP contribution in [0.1, 0.15) is 29.7 Å². The van der Waals surface area contributed by atoms with Gasteiger partial charge in [-0.2, -0.15) is 0 Å². The normalized spacial score (nSPS) is 15.5. The Morgan fingerprint density at radius 1 is 1.08 bits per heavy atom. The number of aliphatic hydroxyl groups is 2. The predicted octanol–water partition coefficient (Wildman–Crippen LogP) is 1.72. The van der Waals surface area contributed by atoms with Gasteiger partial charge >= 0.3 is 0 Å². The number of aryl methyl sites for hydroxylation is 2. The Bertz CT molecular complexity index is 292. The van der Waals surface area contributed by atoms with E-state index in [1.54, 1.807) is 6.92 Å². The molecule has 1 aromatic carbocycles. The smallest absolute Gasteiger partial charge is 0.105 e. The summed E-state index contributed by atoms with van der Waals surface area (Å²) in [5, 5.41) is 18.7. The molecule has 0 amide bonds. The van der Waals surface area contributed by atoms with Crippen molar-refractivity contribution >= 4 is 0 Å². The molecule has 2 unspecified atom stereocenters. The molecule has 1 aromatic rings.